The van der Waals surface area contributed by atoms with Gasteiger partial charge in [0.05, 0.1) is 76.6 Å². The van der Waals surface area contributed by atoms with E-state index in [1.165, 1.54) is 9.80 Å². The highest BCUT2D eigenvalue weighted by Gasteiger charge is 2.42. The van der Waals surface area contributed by atoms with Gasteiger partial charge in [-0.15, -0.1) is 0 Å². The molecule has 0 spiro atoms. The van der Waals surface area contributed by atoms with E-state index in [2.05, 4.69) is 55.9 Å². The minimum atomic E-state index is -0.215. The quantitative estimate of drug-likeness (QED) is 0.141. The highest BCUT2D eigenvalue weighted by Crippen LogP contribution is 2.31. The van der Waals surface area contributed by atoms with Crippen LogP contribution in [0.2, 0.25) is 0 Å². The zero-order valence-corrected chi connectivity index (χ0v) is 33.0. The highest BCUT2D eigenvalue weighted by molar-refractivity contribution is 6.22. The van der Waals surface area contributed by atoms with Gasteiger partial charge in [-0.2, -0.15) is 0 Å². The Hall–Kier alpha value is -2.40. The number of carbonyl (C=O) groups excluding carboxylic acids is 4. The molecule has 0 fully saturated rings. The summed E-state index contributed by atoms with van der Waals surface area (Å²) in [5.74, 6) is -0.721. The molecule has 8 nitrogen and oxygen atoms in total. The second-order valence-corrected chi connectivity index (χ2v) is 16.4. The van der Waals surface area contributed by atoms with Gasteiger partial charge in [-0.1, -0.05) is 51.5 Å². The fraction of sp³-hybridized carbons (Fsp3) is 0.568. The van der Waals surface area contributed by atoms with E-state index in [1.807, 2.05) is 19.1 Å². The van der Waals surface area contributed by atoms with Crippen molar-refractivity contribution in [2.24, 2.45) is 10.8 Å². The molecule has 0 aromatic heterocycles. The van der Waals surface area contributed by atoms with Gasteiger partial charge in [-0.25, -0.2) is 0 Å². The van der Waals surface area contributed by atoms with E-state index in [0.29, 0.717) is 35.3 Å². The van der Waals surface area contributed by atoms with Crippen molar-refractivity contribution < 1.29 is 62.1 Å². The molecule has 0 atom stereocenters. The van der Waals surface area contributed by atoms with Crippen LogP contribution in [0, 0.1) is 17.8 Å². The lowest BCUT2D eigenvalue weighted by Gasteiger charge is -2.39. The van der Waals surface area contributed by atoms with Crippen molar-refractivity contribution in [1.29, 1.82) is 0 Å². The first kappa shape index (κ1) is 40.8. The molecule has 4 amide bonds. The maximum Gasteiger partial charge on any atom is 0.261 e. The minimum Gasteiger partial charge on any atom is -1.00 e. The summed E-state index contributed by atoms with van der Waals surface area (Å²) in [6.45, 7) is 15.2. The molecule has 0 N–H and O–H groups in total. The Morgan fingerprint density at radius 2 is 0.915 bits per heavy atom. The van der Waals surface area contributed by atoms with E-state index in [1.54, 1.807) is 30.3 Å². The van der Waals surface area contributed by atoms with Gasteiger partial charge in [0.1, 0.15) is 0 Å². The molecular weight excluding hydrogens is 724 g/mol. The summed E-state index contributed by atoms with van der Waals surface area (Å²) in [5, 5.41) is 0. The molecule has 0 unspecified atom stereocenters. The molecule has 0 radical (unpaired) electrons. The van der Waals surface area contributed by atoms with Crippen molar-refractivity contribution in [2.75, 3.05) is 67.5 Å². The van der Waals surface area contributed by atoms with E-state index < -0.39 is 0 Å². The molecule has 4 rings (SSSR count). The third-order valence-corrected chi connectivity index (χ3v) is 9.17. The molecule has 0 saturated carbocycles. The van der Waals surface area contributed by atoms with Crippen molar-refractivity contribution >= 4 is 23.6 Å². The number of halogens is 2. The number of unbranched alkanes of at least 4 members (excludes halogenated alkanes) is 3. The monoisotopic (exact) mass is 776 g/mol. The number of carbonyl (C=O) groups is 4. The lowest BCUT2D eigenvalue weighted by atomic mass is 9.90. The maximum atomic E-state index is 13.0. The zero-order valence-electron chi connectivity index (χ0n) is 29.8. The van der Waals surface area contributed by atoms with Crippen LogP contribution in [0.1, 0.15) is 100 Å². The normalized spacial score (nSPS) is 15.1. The number of fused-ring (bicyclic) bond motifs is 2. The van der Waals surface area contributed by atoms with Crippen molar-refractivity contribution in [3.63, 3.8) is 0 Å². The Balaban J connectivity index is 0.00000384. The summed E-state index contributed by atoms with van der Waals surface area (Å²) in [6.07, 6.45) is 4.54. The summed E-state index contributed by atoms with van der Waals surface area (Å²) in [7, 11) is 8.96. The lowest BCUT2D eigenvalue weighted by molar-refractivity contribution is -0.897. The van der Waals surface area contributed by atoms with Crippen LogP contribution in [0.4, 0.5) is 0 Å². The number of benzene rings is 2. The van der Waals surface area contributed by atoms with Crippen LogP contribution in [0.3, 0.4) is 0 Å². The van der Waals surface area contributed by atoms with Gasteiger partial charge in [0.25, 0.3) is 23.6 Å². The molecule has 2 aliphatic heterocycles. The molecule has 47 heavy (non-hydrogen) atoms. The van der Waals surface area contributed by atoms with Gasteiger partial charge < -0.3 is 42.9 Å². The van der Waals surface area contributed by atoms with Crippen molar-refractivity contribution in [2.45, 2.75) is 60.3 Å². The summed E-state index contributed by atoms with van der Waals surface area (Å²) >= 11 is 0. The third kappa shape index (κ3) is 10.1. The van der Waals surface area contributed by atoms with E-state index in [4.69, 9.17) is 0 Å². The Morgan fingerprint density at radius 1 is 0.553 bits per heavy atom. The van der Waals surface area contributed by atoms with Crippen molar-refractivity contribution in [3.8, 4) is 0 Å². The second-order valence-electron chi connectivity index (χ2n) is 16.4. The molecule has 10 heteroatoms. The molecular formula is C37H54Br2N4O4. The first-order valence-corrected chi connectivity index (χ1v) is 16.4. The van der Waals surface area contributed by atoms with Gasteiger partial charge in [0.15, 0.2) is 0 Å². The molecule has 0 bridgehead atoms. The van der Waals surface area contributed by atoms with E-state index in [0.717, 1.165) is 66.4 Å². The number of hydrogen-bond donors (Lipinski definition) is 0. The van der Waals surface area contributed by atoms with Gasteiger partial charge in [-0.05, 0) is 56.9 Å². The fourth-order valence-electron chi connectivity index (χ4n) is 7.80. The van der Waals surface area contributed by atoms with Gasteiger partial charge in [0.2, 0.25) is 0 Å². The van der Waals surface area contributed by atoms with Crippen LogP contribution in [0.25, 0.3) is 0 Å². The van der Waals surface area contributed by atoms with Crippen molar-refractivity contribution in [3.05, 3.63) is 70.3 Å². The summed E-state index contributed by atoms with van der Waals surface area (Å²) < 4.78 is 1.67. The van der Waals surface area contributed by atoms with Crippen LogP contribution in [-0.2, 0) is 0 Å². The largest absolute Gasteiger partial charge is 1.00 e. The van der Waals surface area contributed by atoms with Gasteiger partial charge in [-0.3, -0.25) is 29.0 Å². The van der Waals surface area contributed by atoms with E-state index >= 15 is 0 Å². The first-order valence-electron chi connectivity index (χ1n) is 16.4. The van der Waals surface area contributed by atoms with E-state index in [9.17, 15) is 19.2 Å². The summed E-state index contributed by atoms with van der Waals surface area (Å²) in [4.78, 5) is 54.7. The Labute approximate surface area is 303 Å². The maximum absolute atomic E-state index is 13.0. The van der Waals surface area contributed by atoms with Crippen LogP contribution < -0.4 is 34.0 Å². The number of quaternary nitrogens is 2. The number of aryl methyl sites for hydroxylation is 1. The Bertz CT molecular complexity index is 1450. The number of rotatable bonds is 15. The van der Waals surface area contributed by atoms with Crippen molar-refractivity contribution in [1.82, 2.24) is 9.80 Å². The molecule has 2 aliphatic rings. The average molecular weight is 779 g/mol. The Kier molecular flexibility index (Phi) is 13.4. The predicted molar refractivity (Wildman–Crippen MR) is 178 cm³/mol. The van der Waals surface area contributed by atoms with Crippen LogP contribution in [-0.4, -0.2) is 110 Å². The summed E-state index contributed by atoms with van der Waals surface area (Å²) in [6, 6.07) is 12.6. The molecule has 2 aromatic rings. The second kappa shape index (κ2) is 15.4. The predicted octanol–water partition coefficient (Wildman–Crippen LogP) is -0.339. The molecule has 0 saturated heterocycles. The summed E-state index contributed by atoms with van der Waals surface area (Å²) in [5.41, 5.74) is 2.62. The van der Waals surface area contributed by atoms with Crippen LogP contribution in [0.5, 0.6) is 0 Å². The number of nitrogens with zero attached hydrogens (tertiary/aromatic N) is 4. The average Bonchev–Trinajstić information content (AvgIpc) is 3.29. The topological polar surface area (TPSA) is 74.8 Å². The molecule has 2 heterocycles. The highest BCUT2D eigenvalue weighted by atomic mass is 79.9. The number of amides is 4. The molecule has 2 aromatic carbocycles. The van der Waals surface area contributed by atoms with Crippen LogP contribution in [0.15, 0.2) is 42.5 Å². The zero-order chi connectivity index (χ0) is 33.4. The smallest absolute Gasteiger partial charge is 0.261 e. The fourth-order valence-corrected chi connectivity index (χ4v) is 7.80. The minimum absolute atomic E-state index is 0. The number of hydrogen-bond acceptors (Lipinski definition) is 4. The Morgan fingerprint density at radius 3 is 1.32 bits per heavy atom. The molecule has 0 aliphatic carbocycles. The van der Waals surface area contributed by atoms with Gasteiger partial charge in [0, 0.05) is 23.9 Å². The van der Waals surface area contributed by atoms with Crippen LogP contribution >= 0.6 is 0 Å². The standard InChI is InChI=1S/C37H54N4O4.2BrH/c1-27-18-19-30-31(22-27)35(45)39(34(30)44)24-37(4,5)26-41(8,9)21-15-11-10-14-20-40(6,7)25-36(2,3)23-38-32(42)28-16-12-13-17-29(28)33(38)43;;/h12-13,16-19,22H,10-11,14-15,20-21,23-26H2,1-9H3;2*1H/q+2;;/p-2. The molecule has 260 valence electrons. The number of imide groups is 2. The van der Waals surface area contributed by atoms with Gasteiger partial charge >= 0.3 is 0 Å². The lowest BCUT2D eigenvalue weighted by Crippen LogP contribution is -3.00. The third-order valence-electron chi connectivity index (χ3n) is 9.17. The first-order chi connectivity index (χ1) is 20.8. The SMILES string of the molecule is Cc1ccc2c(c1)C(=O)N(CC(C)(C)C[N+](C)(C)CCCCCC[N+](C)(C)CC(C)(C)CN1C(=O)c3ccccc3C1=O)C2=O.[Br-].[Br-]. The van der Waals surface area contributed by atoms with E-state index in [-0.39, 0.29) is 68.4 Å².